The summed E-state index contributed by atoms with van der Waals surface area (Å²) >= 11 is 6.02. The minimum Gasteiger partial charge on any atom is -0.351 e. The average Bonchev–Trinajstić information content (AvgIpc) is 3.52. The quantitative estimate of drug-likeness (QED) is 0.377. The molecule has 0 saturated heterocycles. The number of hydrogen-bond acceptors (Lipinski definition) is 7. The van der Waals surface area contributed by atoms with Crippen molar-refractivity contribution in [1.29, 1.82) is 0 Å². The highest BCUT2D eigenvalue weighted by Gasteiger charge is 2.54. The first-order valence-electron chi connectivity index (χ1n) is 10.5. The van der Waals surface area contributed by atoms with E-state index in [1.54, 1.807) is 36.5 Å². The monoisotopic (exact) mass is 468 g/mol. The molecule has 0 aliphatic heterocycles. The molecule has 2 aliphatic carbocycles. The molecule has 3 aromatic heterocycles. The molecule has 0 spiro atoms. The molecule has 8 nitrogen and oxygen atoms in total. The zero-order valence-corrected chi connectivity index (χ0v) is 18.2. The van der Waals surface area contributed by atoms with Gasteiger partial charge in [0, 0.05) is 43.6 Å². The van der Waals surface area contributed by atoms with Gasteiger partial charge in [0.2, 0.25) is 17.8 Å². The van der Waals surface area contributed by atoms with Crippen LogP contribution in [0.25, 0.3) is 16.4 Å². The number of nitrogens with zero attached hydrogens (tertiary/aromatic N) is 6. The van der Waals surface area contributed by atoms with Gasteiger partial charge in [-0.2, -0.15) is 15.0 Å². The number of rotatable bonds is 6. The Morgan fingerprint density at radius 3 is 2.58 bits per heavy atom. The first kappa shape index (κ1) is 21.4. The topological polar surface area (TPSA) is 92.9 Å². The van der Waals surface area contributed by atoms with E-state index in [0.717, 1.165) is 12.8 Å². The SMILES string of the molecule is [C-]#[N+]C1(c2cc(Nc3nc(NC4CCC(F)(F)C4)nc(-c4cccc(Cl)n4)n3)ccn2)CC1. The maximum absolute atomic E-state index is 13.7. The third-order valence-electron chi connectivity index (χ3n) is 5.75. The molecule has 2 aliphatic rings. The van der Waals surface area contributed by atoms with Crippen LogP contribution in [0.2, 0.25) is 5.15 Å². The summed E-state index contributed by atoms with van der Waals surface area (Å²) < 4.78 is 27.3. The van der Waals surface area contributed by atoms with Crippen molar-refractivity contribution in [3.8, 4) is 11.5 Å². The van der Waals surface area contributed by atoms with Crippen molar-refractivity contribution in [3.05, 3.63) is 58.8 Å². The Morgan fingerprint density at radius 1 is 1.06 bits per heavy atom. The first-order valence-corrected chi connectivity index (χ1v) is 10.9. The van der Waals surface area contributed by atoms with Crippen molar-refractivity contribution in [2.75, 3.05) is 10.6 Å². The normalized spacial score (nSPS) is 20.1. The Morgan fingerprint density at radius 2 is 1.88 bits per heavy atom. The minimum absolute atomic E-state index is 0.168. The molecule has 0 bridgehead atoms. The molecule has 3 heterocycles. The van der Waals surface area contributed by atoms with Gasteiger partial charge in [-0.25, -0.2) is 20.3 Å². The summed E-state index contributed by atoms with van der Waals surface area (Å²) in [5.74, 6) is -2.07. The van der Waals surface area contributed by atoms with E-state index >= 15 is 0 Å². The van der Waals surface area contributed by atoms with Gasteiger partial charge in [0.25, 0.3) is 5.54 Å². The molecule has 5 rings (SSSR count). The molecular weight excluding hydrogens is 450 g/mol. The van der Waals surface area contributed by atoms with Gasteiger partial charge in [0.05, 0.1) is 0 Å². The number of pyridine rings is 2. The van der Waals surface area contributed by atoms with E-state index in [-0.39, 0.29) is 35.7 Å². The van der Waals surface area contributed by atoms with Crippen LogP contribution in [0.4, 0.5) is 26.4 Å². The van der Waals surface area contributed by atoms with Crippen LogP contribution in [0.1, 0.15) is 37.8 Å². The summed E-state index contributed by atoms with van der Waals surface area (Å²) in [6.45, 7) is 7.45. The summed E-state index contributed by atoms with van der Waals surface area (Å²) in [6, 6.07) is 8.16. The van der Waals surface area contributed by atoms with Crippen molar-refractivity contribution in [2.24, 2.45) is 0 Å². The van der Waals surface area contributed by atoms with Crippen LogP contribution in [0.15, 0.2) is 36.5 Å². The standard InChI is InChI=1S/C22H19ClF2N8/c1-26-21(8-9-21)16-11-13(6-10-27-16)28-19-31-18(15-3-2-4-17(23)30-15)32-20(33-19)29-14-5-7-22(24,25)12-14/h2-4,6,10-11,14H,5,7-9,12H2,(H2,27,28,29,31,32,33). The van der Waals surface area contributed by atoms with E-state index in [0.29, 0.717) is 23.5 Å². The zero-order chi connectivity index (χ0) is 23.1. The van der Waals surface area contributed by atoms with Gasteiger partial charge < -0.3 is 15.5 Å². The number of anilines is 3. The fraction of sp³-hybridized carbons (Fsp3) is 0.364. The van der Waals surface area contributed by atoms with Crippen LogP contribution in [-0.4, -0.2) is 36.9 Å². The Balaban J connectivity index is 1.47. The number of nitrogens with one attached hydrogen (secondary N) is 2. The van der Waals surface area contributed by atoms with Crippen LogP contribution >= 0.6 is 11.6 Å². The second kappa shape index (κ2) is 8.15. The number of alkyl halides is 2. The molecule has 0 aromatic carbocycles. The molecule has 168 valence electrons. The molecule has 33 heavy (non-hydrogen) atoms. The lowest BCUT2D eigenvalue weighted by Gasteiger charge is -2.15. The maximum Gasteiger partial charge on any atom is 0.274 e. The molecule has 3 aromatic rings. The highest BCUT2D eigenvalue weighted by molar-refractivity contribution is 6.29. The van der Waals surface area contributed by atoms with E-state index in [4.69, 9.17) is 18.2 Å². The number of halogens is 3. The van der Waals surface area contributed by atoms with Gasteiger partial charge >= 0.3 is 0 Å². The lowest BCUT2D eigenvalue weighted by Crippen LogP contribution is -2.21. The Kier molecular flexibility index (Phi) is 5.29. The fourth-order valence-electron chi connectivity index (χ4n) is 3.84. The third-order valence-corrected chi connectivity index (χ3v) is 5.96. The Bertz CT molecular complexity index is 1240. The summed E-state index contributed by atoms with van der Waals surface area (Å²) in [7, 11) is 0. The van der Waals surface area contributed by atoms with Crippen LogP contribution in [-0.2, 0) is 5.54 Å². The van der Waals surface area contributed by atoms with Crippen molar-refractivity contribution in [1.82, 2.24) is 24.9 Å². The van der Waals surface area contributed by atoms with Crippen molar-refractivity contribution in [2.45, 2.75) is 49.6 Å². The molecule has 11 heteroatoms. The van der Waals surface area contributed by atoms with Gasteiger partial charge in [0.1, 0.15) is 16.5 Å². The van der Waals surface area contributed by atoms with Gasteiger partial charge in [-0.15, -0.1) is 0 Å². The lowest BCUT2D eigenvalue weighted by molar-refractivity contribution is 0.00851. The van der Waals surface area contributed by atoms with E-state index < -0.39 is 17.5 Å². The second-order valence-corrected chi connectivity index (χ2v) is 8.68. The smallest absolute Gasteiger partial charge is 0.274 e. The zero-order valence-electron chi connectivity index (χ0n) is 17.4. The average molecular weight is 469 g/mol. The van der Waals surface area contributed by atoms with Gasteiger partial charge in [-0.3, -0.25) is 4.98 Å². The van der Waals surface area contributed by atoms with E-state index in [9.17, 15) is 8.78 Å². The highest BCUT2D eigenvalue weighted by Crippen LogP contribution is 2.49. The minimum atomic E-state index is -2.70. The molecule has 2 saturated carbocycles. The molecule has 1 unspecified atom stereocenters. The van der Waals surface area contributed by atoms with Gasteiger partial charge in [-0.1, -0.05) is 17.7 Å². The van der Waals surface area contributed by atoms with Crippen molar-refractivity contribution in [3.63, 3.8) is 0 Å². The maximum atomic E-state index is 13.7. The summed E-state index contributed by atoms with van der Waals surface area (Å²) in [5, 5.41) is 6.41. The first-order chi connectivity index (χ1) is 15.8. The Hall–Kier alpha value is -3.45. The largest absolute Gasteiger partial charge is 0.351 e. The molecule has 2 fully saturated rings. The molecule has 2 N–H and O–H groups in total. The van der Waals surface area contributed by atoms with Gasteiger partial charge in [0.15, 0.2) is 5.82 Å². The summed E-state index contributed by atoms with van der Waals surface area (Å²) in [4.78, 5) is 25.5. The van der Waals surface area contributed by atoms with Crippen molar-refractivity contribution < 1.29 is 8.78 Å². The molecular formula is C22H19ClF2N8. The Labute approximate surface area is 193 Å². The summed E-state index contributed by atoms with van der Waals surface area (Å²) in [5.41, 5.74) is 1.23. The predicted molar refractivity (Wildman–Crippen MR) is 119 cm³/mol. The second-order valence-electron chi connectivity index (χ2n) is 8.29. The fourth-order valence-corrected chi connectivity index (χ4v) is 4.00. The van der Waals surface area contributed by atoms with Crippen LogP contribution < -0.4 is 10.6 Å². The van der Waals surface area contributed by atoms with E-state index in [1.807, 2.05) is 0 Å². The van der Waals surface area contributed by atoms with Gasteiger partial charge in [-0.05, 0) is 30.7 Å². The van der Waals surface area contributed by atoms with E-state index in [1.165, 1.54) is 0 Å². The summed E-state index contributed by atoms with van der Waals surface area (Å²) in [6.07, 6.45) is 3.06. The van der Waals surface area contributed by atoms with Crippen LogP contribution in [0.5, 0.6) is 0 Å². The number of aromatic nitrogens is 5. The van der Waals surface area contributed by atoms with Crippen LogP contribution in [0.3, 0.4) is 0 Å². The number of hydrogen-bond donors (Lipinski definition) is 2. The molecule has 0 radical (unpaired) electrons. The lowest BCUT2D eigenvalue weighted by atomic mass is 10.1. The third kappa shape index (κ3) is 4.68. The highest BCUT2D eigenvalue weighted by atomic mass is 35.5. The predicted octanol–water partition coefficient (Wildman–Crippen LogP) is 5.23. The van der Waals surface area contributed by atoms with Crippen molar-refractivity contribution >= 4 is 29.2 Å². The molecule has 1 atom stereocenters. The molecule has 0 amide bonds. The van der Waals surface area contributed by atoms with E-state index in [2.05, 4.69) is 40.4 Å². The van der Waals surface area contributed by atoms with Crippen LogP contribution in [0, 0.1) is 6.57 Å².